The van der Waals surface area contributed by atoms with Gasteiger partial charge in [0.2, 0.25) is 0 Å². The van der Waals surface area contributed by atoms with Crippen molar-refractivity contribution in [1.82, 2.24) is 0 Å². The topological polar surface area (TPSA) is 0 Å². The van der Waals surface area contributed by atoms with E-state index in [-0.39, 0.29) is 0 Å². The molecule has 0 amide bonds. The molecule has 25 heavy (non-hydrogen) atoms. The Bertz CT molecular complexity index is 502. The number of hydrogen-bond acceptors (Lipinski definition) is 0. The molecule has 0 N–H and O–H groups in total. The normalized spacial score (nSPS) is 49.4. The number of fused-ring (bicyclic) bond motifs is 4. The summed E-state index contributed by atoms with van der Waals surface area (Å²) < 4.78 is 0. The number of hydrogen-bond donors (Lipinski definition) is 0. The lowest BCUT2D eigenvalue weighted by atomic mass is 9.21. The molecule has 0 spiro atoms. The molecule has 8 atom stereocenters. The van der Waals surface area contributed by atoms with E-state index in [0.717, 1.165) is 53.9 Å². The fraction of sp³-hybridized carbons (Fsp3) is 0.917. The largest absolute Gasteiger partial charge is 0.172 e. The van der Waals surface area contributed by atoms with Crippen LogP contribution in [0.1, 0.15) is 80.6 Å². The third-order valence-corrected chi connectivity index (χ3v) is 10.4. The molecule has 0 nitrogen and oxygen atoms in total. The molecule has 0 aromatic heterocycles. The molecular formula is C24H41B. The quantitative estimate of drug-likeness (QED) is 0.477. The molecule has 4 bridgehead atoms. The van der Waals surface area contributed by atoms with Gasteiger partial charge >= 0.3 is 0 Å². The van der Waals surface area contributed by atoms with Crippen molar-refractivity contribution in [1.29, 1.82) is 0 Å². The zero-order valence-corrected chi connectivity index (χ0v) is 17.9. The lowest BCUT2D eigenvalue weighted by Crippen LogP contribution is -2.59. The van der Waals surface area contributed by atoms with Gasteiger partial charge in [-0.15, -0.1) is 5.98 Å². The lowest BCUT2D eigenvalue weighted by molar-refractivity contribution is -0.107. The first-order valence-corrected chi connectivity index (χ1v) is 11.4. The van der Waals surface area contributed by atoms with Crippen LogP contribution >= 0.6 is 0 Å². The van der Waals surface area contributed by atoms with Crippen LogP contribution in [0.25, 0.3) is 0 Å². The summed E-state index contributed by atoms with van der Waals surface area (Å²) in [6, 6.07) is 0. The van der Waals surface area contributed by atoms with Crippen molar-refractivity contribution in [3.05, 3.63) is 12.1 Å². The smallest absolute Gasteiger partial charge is 0.118 e. The summed E-state index contributed by atoms with van der Waals surface area (Å²) in [5.74, 6) is 10.4. The van der Waals surface area contributed by atoms with Gasteiger partial charge in [0.25, 0.3) is 0 Å². The Morgan fingerprint density at radius 1 is 0.800 bits per heavy atom. The summed E-state index contributed by atoms with van der Waals surface area (Å²) in [7, 11) is 0. The molecule has 0 saturated heterocycles. The predicted molar refractivity (Wildman–Crippen MR) is 111 cm³/mol. The lowest BCUT2D eigenvalue weighted by Gasteiger charge is -2.66. The van der Waals surface area contributed by atoms with Crippen molar-refractivity contribution in [3.8, 4) is 0 Å². The van der Waals surface area contributed by atoms with Crippen LogP contribution in [0.2, 0.25) is 11.6 Å². The third-order valence-electron chi connectivity index (χ3n) is 10.4. The average molecular weight is 340 g/mol. The molecule has 1 heteroatoms. The fourth-order valence-corrected chi connectivity index (χ4v) is 8.29. The van der Waals surface area contributed by atoms with Gasteiger partial charge in [0.1, 0.15) is 0 Å². The zero-order valence-electron chi connectivity index (χ0n) is 17.9. The van der Waals surface area contributed by atoms with Crippen molar-refractivity contribution in [2.24, 2.45) is 46.3 Å². The van der Waals surface area contributed by atoms with E-state index in [1.165, 1.54) is 32.1 Å². The molecule has 6 fully saturated rings. The van der Waals surface area contributed by atoms with E-state index in [1.807, 2.05) is 0 Å². The van der Waals surface area contributed by atoms with Gasteiger partial charge in [-0.3, -0.25) is 0 Å². The van der Waals surface area contributed by atoms with Gasteiger partial charge in [0, 0.05) is 0 Å². The van der Waals surface area contributed by atoms with Gasteiger partial charge in [0.05, 0.1) is 0 Å². The Hall–Kier alpha value is -0.195. The third kappa shape index (κ3) is 2.46. The molecule has 6 rings (SSSR count). The Morgan fingerprint density at radius 2 is 1.24 bits per heavy atom. The second kappa shape index (κ2) is 5.90. The van der Waals surface area contributed by atoms with Crippen molar-refractivity contribution in [2.75, 3.05) is 0 Å². The molecule has 6 aliphatic rings. The fourth-order valence-electron chi connectivity index (χ4n) is 8.29. The Kier molecular flexibility index (Phi) is 4.29. The van der Waals surface area contributed by atoms with Gasteiger partial charge in [-0.05, 0) is 65.6 Å². The van der Waals surface area contributed by atoms with E-state index in [0.29, 0.717) is 10.8 Å². The monoisotopic (exact) mass is 340 g/mol. The van der Waals surface area contributed by atoms with E-state index in [1.54, 1.807) is 0 Å². The Morgan fingerprint density at radius 3 is 1.56 bits per heavy atom. The van der Waals surface area contributed by atoms with Gasteiger partial charge in [-0.25, -0.2) is 0 Å². The molecule has 0 aliphatic heterocycles. The maximum absolute atomic E-state index is 2.69. The van der Waals surface area contributed by atoms with Crippen LogP contribution in [0.3, 0.4) is 0 Å². The van der Waals surface area contributed by atoms with Gasteiger partial charge in [0.15, 0.2) is 6.71 Å². The highest BCUT2D eigenvalue weighted by Crippen LogP contribution is 2.69. The SMILES string of the molecule is CC/C=C\B(C1CC2CC(C1C)C2(C)C)C1CC2CC(C1C)C2(C)C. The standard InChI is InChI=1S/C24H41B/c1-8-9-10-25(21-13-17-11-19(15(21)2)23(17,4)5)22-14-18-12-20(16(22)3)24(18,6)7/h9-10,15-22H,8,11-14H2,1-7H3/b10-9-. The first kappa shape index (κ1) is 18.2. The maximum atomic E-state index is 2.69. The van der Waals surface area contributed by atoms with E-state index in [9.17, 15) is 0 Å². The molecule has 140 valence electrons. The second-order valence-corrected chi connectivity index (χ2v) is 11.7. The molecule has 0 aromatic carbocycles. The molecule has 0 radical (unpaired) electrons. The highest BCUT2D eigenvalue weighted by Gasteiger charge is 2.61. The molecule has 0 heterocycles. The second-order valence-electron chi connectivity index (χ2n) is 11.7. The minimum Gasteiger partial charge on any atom is -0.118 e. The Labute approximate surface area is 157 Å². The van der Waals surface area contributed by atoms with Gasteiger partial charge in [-0.1, -0.05) is 79.0 Å². The molecule has 6 aliphatic carbocycles. The minimum atomic E-state index is 0.622. The summed E-state index contributed by atoms with van der Waals surface area (Å²) in [4.78, 5) is 0. The average Bonchev–Trinajstić information content (AvgIpc) is 2.56. The predicted octanol–water partition coefficient (Wildman–Crippen LogP) is 7.13. The van der Waals surface area contributed by atoms with Crippen LogP contribution < -0.4 is 0 Å². The summed E-state index contributed by atoms with van der Waals surface area (Å²) in [5, 5.41) is 0. The van der Waals surface area contributed by atoms with Crippen LogP contribution in [0.4, 0.5) is 0 Å². The summed E-state index contributed by atoms with van der Waals surface area (Å²) in [5.41, 5.74) is 1.24. The molecule has 6 saturated carbocycles. The van der Waals surface area contributed by atoms with Crippen molar-refractivity contribution in [3.63, 3.8) is 0 Å². The summed E-state index contributed by atoms with van der Waals surface area (Å²) in [6.07, 6.45) is 9.76. The van der Waals surface area contributed by atoms with Crippen LogP contribution in [0, 0.1) is 46.3 Å². The highest BCUT2D eigenvalue weighted by atomic mass is 14.6. The van der Waals surface area contributed by atoms with Crippen molar-refractivity contribution < 1.29 is 0 Å². The molecule has 8 unspecified atom stereocenters. The first-order valence-electron chi connectivity index (χ1n) is 11.4. The summed E-state index contributed by atoms with van der Waals surface area (Å²) >= 11 is 0. The van der Waals surface area contributed by atoms with Crippen molar-refractivity contribution in [2.45, 2.75) is 92.2 Å². The van der Waals surface area contributed by atoms with Crippen LogP contribution in [0.5, 0.6) is 0 Å². The van der Waals surface area contributed by atoms with Crippen LogP contribution in [0.15, 0.2) is 12.1 Å². The van der Waals surface area contributed by atoms with E-state index >= 15 is 0 Å². The number of allylic oxidation sites excluding steroid dienone is 1. The van der Waals surface area contributed by atoms with Crippen LogP contribution in [-0.4, -0.2) is 6.71 Å². The maximum Gasteiger partial charge on any atom is 0.172 e. The van der Waals surface area contributed by atoms with E-state index < -0.39 is 0 Å². The van der Waals surface area contributed by atoms with Gasteiger partial charge < -0.3 is 0 Å². The zero-order chi connectivity index (χ0) is 18.1. The molecule has 0 aromatic rings. The first-order chi connectivity index (χ1) is 11.7. The molecular weight excluding hydrogens is 299 g/mol. The highest BCUT2D eigenvalue weighted by molar-refractivity contribution is 6.67. The van der Waals surface area contributed by atoms with Crippen LogP contribution in [-0.2, 0) is 0 Å². The number of rotatable bonds is 4. The summed E-state index contributed by atoms with van der Waals surface area (Å²) in [6.45, 7) is 18.6. The van der Waals surface area contributed by atoms with Crippen molar-refractivity contribution >= 4 is 6.71 Å². The van der Waals surface area contributed by atoms with E-state index in [2.05, 4.69) is 60.5 Å². The van der Waals surface area contributed by atoms with E-state index in [4.69, 9.17) is 0 Å². The minimum absolute atomic E-state index is 0.622. The van der Waals surface area contributed by atoms with Gasteiger partial charge in [-0.2, -0.15) is 0 Å². The Balaban J connectivity index is 1.57.